The Morgan fingerprint density at radius 2 is 1.89 bits per heavy atom. The molecule has 3 aliphatic rings. The second-order valence-corrected chi connectivity index (χ2v) is 5.97. The first-order chi connectivity index (χ1) is 9.45. The van der Waals surface area contributed by atoms with Crippen LogP contribution in [-0.2, 0) is 0 Å². The molecule has 0 amide bonds. The maximum absolute atomic E-state index is 2.50. The molecule has 2 atom stereocenters. The van der Waals surface area contributed by atoms with Gasteiger partial charge in [-0.05, 0) is 43.7 Å². The van der Waals surface area contributed by atoms with E-state index in [0.29, 0.717) is 5.82 Å². The minimum absolute atomic E-state index is 0.704. The lowest BCUT2D eigenvalue weighted by Gasteiger charge is -2.32. The maximum Gasteiger partial charge on any atom is 0.184 e. The highest BCUT2D eigenvalue weighted by molar-refractivity contribution is 6.70. The molecule has 0 saturated heterocycles. The Hall–Kier alpha value is -1.24. The topological polar surface area (TPSA) is 0 Å². The normalized spacial score (nSPS) is 29.4. The molecule has 0 saturated carbocycles. The van der Waals surface area contributed by atoms with Gasteiger partial charge < -0.3 is 0 Å². The van der Waals surface area contributed by atoms with Gasteiger partial charge >= 0.3 is 0 Å². The van der Waals surface area contributed by atoms with Crippen molar-refractivity contribution >= 4 is 6.71 Å². The molecule has 0 radical (unpaired) electrons. The zero-order valence-electron chi connectivity index (χ0n) is 11.7. The largest absolute Gasteiger partial charge is 0.184 e. The first-order valence-corrected chi connectivity index (χ1v) is 7.81. The summed E-state index contributed by atoms with van der Waals surface area (Å²) in [6.45, 7) is 0.725. The lowest BCUT2D eigenvalue weighted by atomic mass is 9.28. The van der Waals surface area contributed by atoms with Gasteiger partial charge in [-0.1, -0.05) is 66.6 Å². The average molecular weight is 250 g/mol. The molecule has 0 aromatic carbocycles. The summed E-state index contributed by atoms with van der Waals surface area (Å²) in [5.41, 5.74) is 1.68. The molecule has 98 valence electrons. The smallest absolute Gasteiger partial charge is 0.0995 e. The Bertz CT molecular complexity index is 448. The van der Waals surface area contributed by atoms with Gasteiger partial charge in [0.2, 0.25) is 0 Å². The third-order valence-electron chi connectivity index (χ3n) is 4.70. The van der Waals surface area contributed by atoms with E-state index in [2.05, 4.69) is 54.7 Å². The van der Waals surface area contributed by atoms with Crippen molar-refractivity contribution in [3.8, 4) is 0 Å². The second kappa shape index (κ2) is 6.28. The van der Waals surface area contributed by atoms with Crippen molar-refractivity contribution in [3.63, 3.8) is 0 Å². The van der Waals surface area contributed by atoms with E-state index in [0.717, 1.165) is 12.5 Å². The predicted molar refractivity (Wildman–Crippen MR) is 85.6 cm³/mol. The first kappa shape index (κ1) is 12.8. The standard InChI is InChI=1S/C18H23B/c1-4-10-16(11-5-1)19(17-12-6-2-7-13-17)18-14-8-3-9-15-18/h1-2,4-6,8,10,12,14,16,18H,3,7,9,11,13,15H2. The highest BCUT2D eigenvalue weighted by Gasteiger charge is 2.33. The van der Waals surface area contributed by atoms with Crippen molar-refractivity contribution in [2.75, 3.05) is 0 Å². The number of allylic oxidation sites excluding steroid dienone is 10. The van der Waals surface area contributed by atoms with Crippen LogP contribution < -0.4 is 0 Å². The van der Waals surface area contributed by atoms with Crippen LogP contribution in [-0.4, -0.2) is 6.71 Å². The minimum Gasteiger partial charge on any atom is -0.0995 e. The van der Waals surface area contributed by atoms with E-state index in [-0.39, 0.29) is 0 Å². The molecule has 3 aliphatic carbocycles. The molecule has 0 aromatic heterocycles. The Morgan fingerprint density at radius 3 is 2.58 bits per heavy atom. The fourth-order valence-corrected chi connectivity index (χ4v) is 3.77. The number of rotatable bonds is 3. The molecule has 0 heterocycles. The van der Waals surface area contributed by atoms with E-state index in [4.69, 9.17) is 0 Å². The van der Waals surface area contributed by atoms with Crippen molar-refractivity contribution in [3.05, 3.63) is 60.2 Å². The predicted octanol–water partition coefficient (Wildman–Crippen LogP) is 5.29. The van der Waals surface area contributed by atoms with Crippen LogP contribution in [0.25, 0.3) is 0 Å². The Balaban J connectivity index is 1.85. The second-order valence-electron chi connectivity index (χ2n) is 5.97. The molecule has 0 nitrogen and oxygen atoms in total. The average Bonchev–Trinajstić information content (AvgIpc) is 2.51. The van der Waals surface area contributed by atoms with Crippen LogP contribution in [0.2, 0.25) is 11.6 Å². The molecule has 0 aromatic rings. The SMILES string of the molecule is C1=CCCC(B(C2C=CC=CC2)C2C=CCCC2)=C1. The van der Waals surface area contributed by atoms with Crippen LogP contribution in [0.4, 0.5) is 0 Å². The van der Waals surface area contributed by atoms with E-state index < -0.39 is 0 Å². The summed E-state index contributed by atoms with van der Waals surface area (Å²) in [7, 11) is 0. The van der Waals surface area contributed by atoms with Gasteiger partial charge in [-0.15, -0.1) is 0 Å². The first-order valence-electron chi connectivity index (χ1n) is 7.81. The molecule has 0 N–H and O–H groups in total. The lowest BCUT2D eigenvalue weighted by molar-refractivity contribution is 0.709. The zero-order chi connectivity index (χ0) is 12.9. The Morgan fingerprint density at radius 1 is 0.895 bits per heavy atom. The number of hydrogen-bond acceptors (Lipinski definition) is 0. The Kier molecular flexibility index (Phi) is 4.22. The molecule has 0 bridgehead atoms. The summed E-state index contributed by atoms with van der Waals surface area (Å²) in [6, 6.07) is 0. The molecule has 0 spiro atoms. The van der Waals surface area contributed by atoms with E-state index in [1.807, 2.05) is 0 Å². The summed E-state index contributed by atoms with van der Waals surface area (Å²) in [4.78, 5) is 0. The van der Waals surface area contributed by atoms with Crippen LogP contribution in [0.5, 0.6) is 0 Å². The van der Waals surface area contributed by atoms with E-state index >= 15 is 0 Å². The molecule has 19 heavy (non-hydrogen) atoms. The Labute approximate surface area is 117 Å². The lowest BCUT2D eigenvalue weighted by Crippen LogP contribution is -2.30. The molecule has 0 fully saturated rings. The molecular formula is C18H23B. The number of hydrogen-bond donors (Lipinski definition) is 0. The van der Waals surface area contributed by atoms with Gasteiger partial charge in [0.05, 0.1) is 0 Å². The molecule has 2 unspecified atom stereocenters. The minimum atomic E-state index is 0.704. The van der Waals surface area contributed by atoms with Crippen LogP contribution in [0.3, 0.4) is 0 Å². The third kappa shape index (κ3) is 3.02. The van der Waals surface area contributed by atoms with Gasteiger partial charge in [0.25, 0.3) is 0 Å². The van der Waals surface area contributed by atoms with Crippen molar-refractivity contribution in [1.82, 2.24) is 0 Å². The highest BCUT2D eigenvalue weighted by atomic mass is 14.2. The summed E-state index contributed by atoms with van der Waals surface area (Å²) in [5, 5.41) is 0. The van der Waals surface area contributed by atoms with Gasteiger partial charge in [0.15, 0.2) is 6.71 Å². The van der Waals surface area contributed by atoms with Crippen molar-refractivity contribution in [2.45, 2.75) is 50.2 Å². The van der Waals surface area contributed by atoms with Gasteiger partial charge in [-0.25, -0.2) is 0 Å². The highest BCUT2D eigenvalue weighted by Crippen LogP contribution is 2.40. The third-order valence-corrected chi connectivity index (χ3v) is 4.70. The zero-order valence-corrected chi connectivity index (χ0v) is 11.7. The van der Waals surface area contributed by atoms with Crippen LogP contribution in [0.15, 0.2) is 60.2 Å². The van der Waals surface area contributed by atoms with E-state index in [1.165, 1.54) is 38.5 Å². The molecular weight excluding hydrogens is 227 g/mol. The van der Waals surface area contributed by atoms with Crippen molar-refractivity contribution < 1.29 is 0 Å². The quantitative estimate of drug-likeness (QED) is 0.471. The summed E-state index contributed by atoms with van der Waals surface area (Å²) in [5.74, 6) is 1.46. The van der Waals surface area contributed by atoms with Crippen LogP contribution in [0, 0.1) is 0 Å². The summed E-state index contributed by atoms with van der Waals surface area (Å²) < 4.78 is 0. The van der Waals surface area contributed by atoms with Gasteiger partial charge in [0, 0.05) is 0 Å². The van der Waals surface area contributed by atoms with Crippen molar-refractivity contribution in [2.24, 2.45) is 0 Å². The fraction of sp³-hybridized carbons (Fsp3) is 0.444. The van der Waals surface area contributed by atoms with E-state index in [9.17, 15) is 0 Å². The maximum atomic E-state index is 2.50. The van der Waals surface area contributed by atoms with Crippen molar-refractivity contribution in [1.29, 1.82) is 0 Å². The van der Waals surface area contributed by atoms with Gasteiger partial charge in [0.1, 0.15) is 0 Å². The van der Waals surface area contributed by atoms with Gasteiger partial charge in [-0.2, -0.15) is 0 Å². The molecule has 3 rings (SSSR count). The molecule has 1 heteroatoms. The molecule has 0 aliphatic heterocycles. The van der Waals surface area contributed by atoms with Crippen LogP contribution >= 0.6 is 0 Å². The monoisotopic (exact) mass is 250 g/mol. The summed E-state index contributed by atoms with van der Waals surface area (Å²) in [6.07, 6.45) is 28.8. The van der Waals surface area contributed by atoms with Gasteiger partial charge in [-0.3, -0.25) is 0 Å². The summed E-state index contributed by atoms with van der Waals surface area (Å²) >= 11 is 0. The van der Waals surface area contributed by atoms with E-state index in [1.54, 1.807) is 5.47 Å². The fourth-order valence-electron chi connectivity index (χ4n) is 3.77. The van der Waals surface area contributed by atoms with Crippen LogP contribution in [0.1, 0.15) is 38.5 Å².